The lowest BCUT2D eigenvalue weighted by Crippen LogP contribution is -2.40. The molecule has 0 radical (unpaired) electrons. The van der Waals surface area contributed by atoms with E-state index in [9.17, 15) is 0 Å². The van der Waals surface area contributed by atoms with Gasteiger partial charge >= 0.3 is 0 Å². The van der Waals surface area contributed by atoms with Crippen LogP contribution in [0, 0.1) is 0 Å². The first-order valence-electron chi connectivity index (χ1n) is 5.14. The van der Waals surface area contributed by atoms with Gasteiger partial charge in [0.25, 0.3) is 0 Å². The Bertz CT molecular complexity index is 291. The number of nitrogens with zero attached hydrogens (tertiary/aromatic N) is 2. The Morgan fingerprint density at radius 1 is 1.64 bits per heavy atom. The maximum Gasteiger partial charge on any atom is 0.202 e. The predicted molar refractivity (Wildman–Crippen MR) is 55.3 cm³/mol. The molecule has 0 aliphatic heterocycles. The van der Waals surface area contributed by atoms with Crippen LogP contribution in [0.3, 0.4) is 0 Å². The predicted octanol–water partition coefficient (Wildman–Crippen LogP) is 1.49. The number of aryl methyl sites for hydroxylation is 1. The molecule has 0 aromatic carbocycles. The minimum atomic E-state index is 0.442. The first-order chi connectivity index (χ1) is 6.83. The van der Waals surface area contributed by atoms with E-state index in [1.54, 1.807) is 7.11 Å². The van der Waals surface area contributed by atoms with Gasteiger partial charge in [-0.1, -0.05) is 0 Å². The maximum absolute atomic E-state index is 5.22. The van der Waals surface area contributed by atoms with E-state index in [2.05, 4.69) is 21.8 Å². The molecule has 4 heteroatoms. The number of hydrogen-bond acceptors (Lipinski definition) is 3. The van der Waals surface area contributed by atoms with Crippen LogP contribution in [0.15, 0.2) is 12.4 Å². The van der Waals surface area contributed by atoms with Gasteiger partial charge in [-0.15, -0.1) is 0 Å². The summed E-state index contributed by atoms with van der Waals surface area (Å²) in [5.74, 6) is 0.979. The molecule has 2 rings (SSSR count). The zero-order valence-electron chi connectivity index (χ0n) is 8.73. The van der Waals surface area contributed by atoms with E-state index < -0.39 is 0 Å². The smallest absolute Gasteiger partial charge is 0.202 e. The van der Waals surface area contributed by atoms with Gasteiger partial charge in [-0.25, -0.2) is 4.98 Å². The molecule has 1 N–H and O–H groups in total. The zero-order chi connectivity index (χ0) is 9.97. The second kappa shape index (κ2) is 4.00. The molecule has 0 bridgehead atoms. The Hall–Kier alpha value is -1.03. The van der Waals surface area contributed by atoms with Crippen LogP contribution in [0.25, 0.3) is 0 Å². The average molecular weight is 195 g/mol. The minimum absolute atomic E-state index is 0.442. The van der Waals surface area contributed by atoms with Crippen LogP contribution in [0.4, 0.5) is 5.95 Å². The molecule has 0 atom stereocenters. The Labute approximate surface area is 84.3 Å². The number of nitrogens with one attached hydrogen (secondary N) is 1. The fraction of sp³-hybridized carbons (Fsp3) is 0.700. The average Bonchev–Trinajstić information content (AvgIpc) is 2.57. The Kier molecular flexibility index (Phi) is 2.72. The van der Waals surface area contributed by atoms with Crippen LogP contribution in [-0.2, 0) is 11.3 Å². The van der Waals surface area contributed by atoms with Crippen molar-refractivity contribution in [3.63, 3.8) is 0 Å². The number of rotatable bonds is 4. The molecule has 0 amide bonds. The molecule has 1 aliphatic rings. The third kappa shape index (κ3) is 1.75. The molecule has 14 heavy (non-hydrogen) atoms. The van der Waals surface area contributed by atoms with Crippen molar-refractivity contribution in [2.45, 2.75) is 38.5 Å². The summed E-state index contributed by atoms with van der Waals surface area (Å²) in [6.45, 7) is 3.08. The molecule has 1 fully saturated rings. The number of anilines is 1. The first-order valence-corrected chi connectivity index (χ1v) is 5.14. The number of aromatic nitrogens is 2. The summed E-state index contributed by atoms with van der Waals surface area (Å²) in [5, 5.41) is 3.41. The SMILES string of the molecule is CCn1ccnc1NC1CC(OC)C1. The first kappa shape index (κ1) is 9.52. The number of imidazole rings is 1. The van der Waals surface area contributed by atoms with Crippen LogP contribution in [0.5, 0.6) is 0 Å². The molecular formula is C10H17N3O. The van der Waals surface area contributed by atoms with Crippen molar-refractivity contribution in [3.05, 3.63) is 12.4 Å². The zero-order valence-corrected chi connectivity index (χ0v) is 8.73. The van der Waals surface area contributed by atoms with Gasteiger partial charge in [0.15, 0.2) is 0 Å². The fourth-order valence-electron chi connectivity index (χ4n) is 1.76. The van der Waals surface area contributed by atoms with Crippen LogP contribution >= 0.6 is 0 Å². The van der Waals surface area contributed by atoms with Crippen molar-refractivity contribution in [1.29, 1.82) is 0 Å². The molecule has 1 aromatic rings. The van der Waals surface area contributed by atoms with E-state index in [1.165, 1.54) is 0 Å². The second-order valence-corrected chi connectivity index (χ2v) is 3.71. The molecular weight excluding hydrogens is 178 g/mol. The summed E-state index contributed by atoms with van der Waals surface area (Å²) >= 11 is 0. The van der Waals surface area contributed by atoms with E-state index in [0.29, 0.717) is 12.1 Å². The molecule has 1 heterocycles. The van der Waals surface area contributed by atoms with Crippen molar-refractivity contribution < 1.29 is 4.74 Å². The van der Waals surface area contributed by atoms with E-state index in [1.807, 2.05) is 12.4 Å². The van der Waals surface area contributed by atoms with E-state index in [4.69, 9.17) is 4.74 Å². The molecule has 1 aliphatic carbocycles. The molecule has 1 aromatic heterocycles. The summed E-state index contributed by atoms with van der Waals surface area (Å²) in [6, 6.07) is 0.535. The van der Waals surface area contributed by atoms with Crippen LogP contribution < -0.4 is 5.32 Å². The minimum Gasteiger partial charge on any atom is -0.381 e. The summed E-state index contributed by atoms with van der Waals surface area (Å²) in [7, 11) is 1.77. The van der Waals surface area contributed by atoms with Crippen molar-refractivity contribution in [1.82, 2.24) is 9.55 Å². The van der Waals surface area contributed by atoms with Gasteiger partial charge < -0.3 is 14.6 Å². The lowest BCUT2D eigenvalue weighted by Gasteiger charge is -2.34. The standard InChI is InChI=1S/C10H17N3O/c1-3-13-5-4-11-10(13)12-8-6-9(7-8)14-2/h4-5,8-9H,3,6-7H2,1-2H3,(H,11,12). The fourth-order valence-corrected chi connectivity index (χ4v) is 1.76. The Balaban J connectivity index is 1.86. The summed E-state index contributed by atoms with van der Waals surface area (Å²) in [5.41, 5.74) is 0. The van der Waals surface area contributed by atoms with Crippen LogP contribution in [0.2, 0.25) is 0 Å². The number of hydrogen-bond donors (Lipinski definition) is 1. The summed E-state index contributed by atoms with van der Waals surface area (Å²) in [6.07, 6.45) is 6.45. The van der Waals surface area contributed by atoms with Gasteiger partial charge in [-0.2, -0.15) is 0 Å². The van der Waals surface area contributed by atoms with Crippen LogP contribution in [0.1, 0.15) is 19.8 Å². The van der Waals surface area contributed by atoms with E-state index >= 15 is 0 Å². The molecule has 78 valence electrons. The van der Waals surface area contributed by atoms with Gasteiger partial charge in [0.2, 0.25) is 5.95 Å². The second-order valence-electron chi connectivity index (χ2n) is 3.71. The van der Waals surface area contributed by atoms with Gasteiger partial charge in [-0.3, -0.25) is 0 Å². The van der Waals surface area contributed by atoms with Crippen molar-refractivity contribution in [2.24, 2.45) is 0 Å². The maximum atomic E-state index is 5.22. The molecule has 1 saturated carbocycles. The monoisotopic (exact) mass is 195 g/mol. The largest absolute Gasteiger partial charge is 0.381 e. The molecule has 0 saturated heterocycles. The van der Waals surface area contributed by atoms with Crippen molar-refractivity contribution >= 4 is 5.95 Å². The third-order valence-electron chi connectivity index (χ3n) is 2.82. The highest BCUT2D eigenvalue weighted by atomic mass is 16.5. The number of ether oxygens (including phenoxy) is 1. The van der Waals surface area contributed by atoms with Gasteiger partial charge in [0, 0.05) is 32.1 Å². The van der Waals surface area contributed by atoms with Gasteiger partial charge in [0.1, 0.15) is 0 Å². The highest BCUT2D eigenvalue weighted by molar-refractivity contribution is 5.28. The lowest BCUT2D eigenvalue weighted by molar-refractivity contribution is 0.0326. The van der Waals surface area contributed by atoms with Crippen molar-refractivity contribution in [3.8, 4) is 0 Å². The molecule has 4 nitrogen and oxygen atoms in total. The summed E-state index contributed by atoms with van der Waals surface area (Å²) < 4.78 is 7.34. The number of methoxy groups -OCH3 is 1. The third-order valence-corrected chi connectivity index (χ3v) is 2.82. The quantitative estimate of drug-likeness (QED) is 0.791. The normalized spacial score (nSPS) is 25.9. The topological polar surface area (TPSA) is 39.1 Å². The molecule has 0 spiro atoms. The Morgan fingerprint density at radius 3 is 3.07 bits per heavy atom. The van der Waals surface area contributed by atoms with Crippen LogP contribution in [-0.4, -0.2) is 28.8 Å². The summed E-state index contributed by atoms with van der Waals surface area (Å²) in [4.78, 5) is 4.27. The van der Waals surface area contributed by atoms with E-state index in [-0.39, 0.29) is 0 Å². The highest BCUT2D eigenvalue weighted by Crippen LogP contribution is 2.25. The van der Waals surface area contributed by atoms with E-state index in [0.717, 1.165) is 25.3 Å². The van der Waals surface area contributed by atoms with Crippen molar-refractivity contribution in [2.75, 3.05) is 12.4 Å². The highest BCUT2D eigenvalue weighted by Gasteiger charge is 2.29. The molecule has 0 unspecified atom stereocenters. The van der Waals surface area contributed by atoms with Gasteiger partial charge in [-0.05, 0) is 19.8 Å². The Morgan fingerprint density at radius 2 is 2.43 bits per heavy atom. The lowest BCUT2D eigenvalue weighted by atomic mass is 9.89. The van der Waals surface area contributed by atoms with Gasteiger partial charge in [0.05, 0.1) is 6.10 Å².